The summed E-state index contributed by atoms with van der Waals surface area (Å²) in [6.07, 6.45) is 3.49. The van der Waals surface area contributed by atoms with E-state index in [9.17, 15) is 4.79 Å². The minimum absolute atomic E-state index is 0.0234. The first-order valence-corrected chi connectivity index (χ1v) is 6.18. The van der Waals surface area contributed by atoms with Crippen LogP contribution in [0.5, 0.6) is 0 Å². The molecule has 4 N–H and O–H groups in total. The zero-order chi connectivity index (χ0) is 12.6. The monoisotopic (exact) mass is 230 g/mol. The highest BCUT2D eigenvalue weighted by molar-refractivity contribution is 5.81. The zero-order valence-corrected chi connectivity index (χ0v) is 10.7. The van der Waals surface area contributed by atoms with Gasteiger partial charge in [0.15, 0.2) is 0 Å². The number of aliphatic hydroxyl groups excluding tert-OH is 1. The van der Waals surface area contributed by atoms with E-state index in [0.717, 1.165) is 19.3 Å². The van der Waals surface area contributed by atoms with Crippen molar-refractivity contribution in [2.75, 3.05) is 6.61 Å². The van der Waals surface area contributed by atoms with Crippen LogP contribution in [-0.4, -0.2) is 29.7 Å². The summed E-state index contributed by atoms with van der Waals surface area (Å²) in [6, 6.07) is -0.610. The van der Waals surface area contributed by atoms with E-state index in [1.165, 1.54) is 0 Å². The lowest BCUT2D eigenvalue weighted by Gasteiger charge is -2.20. The van der Waals surface area contributed by atoms with E-state index in [4.69, 9.17) is 10.8 Å². The third-order valence-electron chi connectivity index (χ3n) is 2.53. The molecule has 0 aliphatic carbocycles. The van der Waals surface area contributed by atoms with Gasteiger partial charge in [0.2, 0.25) is 5.91 Å². The standard InChI is InChI=1S/C12H26N2O2/c1-4-5-6-11(13)12(16)14-10(8-15)7-9(2)3/h9-11,15H,4-8,13H2,1-3H3,(H,14,16)/t10?,11-/m0/s1. The number of carbonyl (C=O) groups is 1. The van der Waals surface area contributed by atoms with Gasteiger partial charge in [-0.15, -0.1) is 0 Å². The fraction of sp³-hybridized carbons (Fsp3) is 0.917. The van der Waals surface area contributed by atoms with Crippen molar-refractivity contribution >= 4 is 5.91 Å². The molecule has 4 heteroatoms. The number of hydrogen-bond donors (Lipinski definition) is 3. The molecule has 0 radical (unpaired) electrons. The van der Waals surface area contributed by atoms with Gasteiger partial charge in [0.25, 0.3) is 0 Å². The topological polar surface area (TPSA) is 75.4 Å². The van der Waals surface area contributed by atoms with Crippen LogP contribution >= 0.6 is 0 Å². The van der Waals surface area contributed by atoms with Crippen LogP contribution in [0.25, 0.3) is 0 Å². The summed E-state index contributed by atoms with van der Waals surface area (Å²) in [4.78, 5) is 11.7. The maximum atomic E-state index is 11.7. The Morgan fingerprint density at radius 1 is 1.44 bits per heavy atom. The summed E-state index contributed by atoms with van der Waals surface area (Å²) in [6.45, 7) is 6.17. The minimum atomic E-state index is -0.443. The van der Waals surface area contributed by atoms with E-state index in [1.54, 1.807) is 0 Å². The van der Waals surface area contributed by atoms with Crippen molar-refractivity contribution in [2.24, 2.45) is 11.7 Å². The summed E-state index contributed by atoms with van der Waals surface area (Å²) in [7, 11) is 0. The van der Waals surface area contributed by atoms with Crippen LogP contribution in [0.3, 0.4) is 0 Å². The minimum Gasteiger partial charge on any atom is -0.394 e. The van der Waals surface area contributed by atoms with Crippen molar-refractivity contribution in [1.29, 1.82) is 0 Å². The number of rotatable bonds is 8. The highest BCUT2D eigenvalue weighted by Crippen LogP contribution is 2.05. The van der Waals surface area contributed by atoms with Crippen molar-refractivity contribution in [3.63, 3.8) is 0 Å². The summed E-state index contributed by atoms with van der Waals surface area (Å²) < 4.78 is 0. The molecule has 16 heavy (non-hydrogen) atoms. The van der Waals surface area contributed by atoms with Crippen molar-refractivity contribution in [3.05, 3.63) is 0 Å². The van der Waals surface area contributed by atoms with Gasteiger partial charge >= 0.3 is 0 Å². The molecule has 0 heterocycles. The molecule has 0 saturated heterocycles. The second kappa shape index (κ2) is 8.53. The Morgan fingerprint density at radius 2 is 2.06 bits per heavy atom. The van der Waals surface area contributed by atoms with Gasteiger partial charge in [0.1, 0.15) is 0 Å². The largest absolute Gasteiger partial charge is 0.394 e. The van der Waals surface area contributed by atoms with Crippen molar-refractivity contribution in [1.82, 2.24) is 5.32 Å². The van der Waals surface area contributed by atoms with Gasteiger partial charge < -0.3 is 16.2 Å². The summed E-state index contributed by atoms with van der Waals surface area (Å²) in [5.74, 6) is 0.303. The van der Waals surface area contributed by atoms with Crippen LogP contribution in [0.1, 0.15) is 46.5 Å². The molecule has 0 fully saturated rings. The van der Waals surface area contributed by atoms with E-state index < -0.39 is 6.04 Å². The van der Waals surface area contributed by atoms with E-state index in [0.29, 0.717) is 12.3 Å². The third kappa shape index (κ3) is 6.80. The van der Waals surface area contributed by atoms with Crippen LogP contribution in [0.4, 0.5) is 0 Å². The predicted octanol–water partition coefficient (Wildman–Crippen LogP) is 1.03. The molecule has 4 nitrogen and oxygen atoms in total. The molecule has 0 aromatic heterocycles. The quantitative estimate of drug-likeness (QED) is 0.583. The average molecular weight is 230 g/mol. The van der Waals surface area contributed by atoms with Gasteiger partial charge in [0.05, 0.1) is 18.7 Å². The van der Waals surface area contributed by atoms with Gasteiger partial charge in [-0.05, 0) is 18.8 Å². The Kier molecular flexibility index (Phi) is 8.21. The van der Waals surface area contributed by atoms with E-state index >= 15 is 0 Å². The second-order valence-electron chi connectivity index (χ2n) is 4.77. The molecule has 0 bridgehead atoms. The molecule has 0 aliphatic heterocycles. The first-order chi connectivity index (χ1) is 7.51. The number of carbonyl (C=O) groups excluding carboxylic acids is 1. The normalized spacial score (nSPS) is 14.9. The fourth-order valence-electron chi connectivity index (χ4n) is 1.61. The van der Waals surface area contributed by atoms with Crippen molar-refractivity contribution in [3.8, 4) is 0 Å². The molecule has 0 aromatic rings. The molecular formula is C12H26N2O2. The Morgan fingerprint density at radius 3 is 2.50 bits per heavy atom. The highest BCUT2D eigenvalue weighted by atomic mass is 16.3. The predicted molar refractivity (Wildman–Crippen MR) is 66.0 cm³/mol. The van der Waals surface area contributed by atoms with E-state index in [2.05, 4.69) is 26.1 Å². The van der Waals surface area contributed by atoms with Crippen LogP contribution in [-0.2, 0) is 4.79 Å². The number of amides is 1. The summed E-state index contributed by atoms with van der Waals surface area (Å²) in [5, 5.41) is 11.9. The maximum Gasteiger partial charge on any atom is 0.237 e. The number of aliphatic hydroxyl groups is 1. The van der Waals surface area contributed by atoms with Crippen molar-refractivity contribution in [2.45, 2.75) is 58.5 Å². The van der Waals surface area contributed by atoms with Gasteiger partial charge in [-0.1, -0.05) is 33.6 Å². The number of nitrogens with one attached hydrogen (secondary N) is 1. The first-order valence-electron chi connectivity index (χ1n) is 6.18. The number of nitrogens with two attached hydrogens (primary N) is 1. The lowest BCUT2D eigenvalue weighted by atomic mass is 10.0. The Hall–Kier alpha value is -0.610. The smallest absolute Gasteiger partial charge is 0.237 e. The van der Waals surface area contributed by atoms with Crippen molar-refractivity contribution < 1.29 is 9.90 Å². The zero-order valence-electron chi connectivity index (χ0n) is 10.7. The molecular weight excluding hydrogens is 204 g/mol. The SMILES string of the molecule is CCCC[C@H](N)C(=O)NC(CO)CC(C)C. The van der Waals surface area contributed by atoms with Crippen LogP contribution in [0.2, 0.25) is 0 Å². The van der Waals surface area contributed by atoms with Gasteiger partial charge in [0, 0.05) is 0 Å². The molecule has 96 valence electrons. The molecule has 0 spiro atoms. The lowest BCUT2D eigenvalue weighted by Crippen LogP contribution is -2.47. The van der Waals surface area contributed by atoms with Gasteiger partial charge in [-0.3, -0.25) is 4.79 Å². The Balaban J connectivity index is 3.98. The number of unbranched alkanes of at least 4 members (excludes halogenated alkanes) is 1. The van der Waals surface area contributed by atoms with Crippen LogP contribution in [0, 0.1) is 5.92 Å². The molecule has 1 amide bonds. The summed E-state index contributed by atoms with van der Waals surface area (Å²) >= 11 is 0. The van der Waals surface area contributed by atoms with Gasteiger partial charge in [-0.25, -0.2) is 0 Å². The Labute approximate surface area is 98.6 Å². The molecule has 1 unspecified atom stereocenters. The average Bonchev–Trinajstić information content (AvgIpc) is 2.23. The van der Waals surface area contributed by atoms with E-state index in [-0.39, 0.29) is 18.6 Å². The molecule has 0 aliphatic rings. The third-order valence-corrected chi connectivity index (χ3v) is 2.53. The fourth-order valence-corrected chi connectivity index (χ4v) is 1.61. The maximum absolute atomic E-state index is 11.7. The molecule has 0 aromatic carbocycles. The molecule has 0 saturated carbocycles. The highest BCUT2D eigenvalue weighted by Gasteiger charge is 2.17. The summed E-state index contributed by atoms with van der Waals surface area (Å²) in [5.41, 5.74) is 5.74. The van der Waals surface area contributed by atoms with E-state index in [1.807, 2.05) is 0 Å². The first kappa shape index (κ1) is 15.4. The molecule has 0 rings (SSSR count). The Bertz CT molecular complexity index is 195. The number of hydrogen-bond acceptors (Lipinski definition) is 3. The lowest BCUT2D eigenvalue weighted by molar-refractivity contribution is -0.123. The second-order valence-corrected chi connectivity index (χ2v) is 4.77. The van der Waals surface area contributed by atoms with Crippen LogP contribution in [0.15, 0.2) is 0 Å². The van der Waals surface area contributed by atoms with Crippen LogP contribution < -0.4 is 11.1 Å². The van der Waals surface area contributed by atoms with Gasteiger partial charge in [-0.2, -0.15) is 0 Å². The molecule has 2 atom stereocenters.